The molecule has 5 heteroatoms. The fourth-order valence-corrected chi connectivity index (χ4v) is 3.87. The number of nitrogens with zero attached hydrogens (tertiary/aromatic N) is 3. The van der Waals surface area contributed by atoms with Crippen molar-refractivity contribution in [3.05, 3.63) is 10.6 Å². The fourth-order valence-electron chi connectivity index (χ4n) is 2.94. The van der Waals surface area contributed by atoms with Gasteiger partial charge in [-0.1, -0.05) is 0 Å². The van der Waals surface area contributed by atoms with E-state index in [0.29, 0.717) is 11.8 Å². The second-order valence-corrected chi connectivity index (χ2v) is 6.64. The van der Waals surface area contributed by atoms with Gasteiger partial charge in [0.05, 0.1) is 11.6 Å². The molecule has 2 aliphatic rings. The van der Waals surface area contributed by atoms with Crippen molar-refractivity contribution in [2.24, 2.45) is 11.8 Å². The average Bonchev–Trinajstić information content (AvgIpc) is 2.89. The zero-order valence-electron chi connectivity index (χ0n) is 11.1. The Balaban J connectivity index is 1.80. The Morgan fingerprint density at radius 3 is 2.78 bits per heavy atom. The van der Waals surface area contributed by atoms with Crippen LogP contribution in [0.25, 0.3) is 0 Å². The van der Waals surface area contributed by atoms with Crippen LogP contribution in [0.5, 0.6) is 0 Å². The van der Waals surface area contributed by atoms with Gasteiger partial charge < -0.3 is 9.80 Å². The van der Waals surface area contributed by atoms with Crippen molar-refractivity contribution in [2.45, 2.75) is 20.3 Å². The monoisotopic (exact) mass is 265 g/mol. The van der Waals surface area contributed by atoms with E-state index in [1.807, 2.05) is 11.9 Å². The molecule has 0 bridgehead atoms. The molecule has 0 N–H and O–H groups in total. The van der Waals surface area contributed by atoms with Gasteiger partial charge >= 0.3 is 0 Å². The maximum absolute atomic E-state index is 12.1. The molecule has 18 heavy (non-hydrogen) atoms. The highest BCUT2D eigenvalue weighted by atomic mass is 32.1. The van der Waals surface area contributed by atoms with Crippen LogP contribution >= 0.6 is 11.3 Å². The molecule has 98 valence electrons. The summed E-state index contributed by atoms with van der Waals surface area (Å²) in [5.41, 5.74) is 1.12. The Morgan fingerprint density at radius 1 is 1.33 bits per heavy atom. The second-order valence-electron chi connectivity index (χ2n) is 5.46. The molecule has 0 unspecified atom stereocenters. The molecule has 1 aromatic heterocycles. The Morgan fingerprint density at radius 2 is 2.11 bits per heavy atom. The first-order valence-corrected chi connectivity index (χ1v) is 7.32. The van der Waals surface area contributed by atoms with Crippen molar-refractivity contribution < 1.29 is 4.79 Å². The standard InChI is InChI=1S/C13H19N3OS/c1-8-9(2)18-13(14-8)16-6-10-4-5-15(3)12(17)11(10)7-16/h10-11H,4-7H2,1-3H3/t10-,11+/m1/s1. The number of hydrogen-bond donors (Lipinski definition) is 0. The molecule has 4 nitrogen and oxygen atoms in total. The fraction of sp³-hybridized carbons (Fsp3) is 0.692. The van der Waals surface area contributed by atoms with Crippen LogP contribution in [0, 0.1) is 25.7 Å². The molecule has 3 rings (SSSR count). The summed E-state index contributed by atoms with van der Waals surface area (Å²) < 4.78 is 0. The van der Waals surface area contributed by atoms with Crippen LogP contribution in [0.15, 0.2) is 0 Å². The predicted molar refractivity (Wildman–Crippen MR) is 73.0 cm³/mol. The van der Waals surface area contributed by atoms with Crippen molar-refractivity contribution >= 4 is 22.4 Å². The van der Waals surface area contributed by atoms with Gasteiger partial charge in [-0.3, -0.25) is 4.79 Å². The summed E-state index contributed by atoms with van der Waals surface area (Å²) in [6.07, 6.45) is 1.13. The van der Waals surface area contributed by atoms with Crippen LogP contribution in [0.4, 0.5) is 5.13 Å². The minimum Gasteiger partial charge on any atom is -0.347 e. The molecule has 2 fully saturated rings. The first-order valence-electron chi connectivity index (χ1n) is 6.50. The van der Waals surface area contributed by atoms with Crippen LogP contribution in [-0.4, -0.2) is 42.5 Å². The number of anilines is 1. The lowest BCUT2D eigenvalue weighted by Crippen LogP contribution is -2.42. The van der Waals surface area contributed by atoms with Gasteiger partial charge in [0.1, 0.15) is 0 Å². The number of rotatable bonds is 1. The van der Waals surface area contributed by atoms with Crippen LogP contribution in [0.3, 0.4) is 0 Å². The molecule has 2 atom stereocenters. The van der Waals surface area contributed by atoms with Gasteiger partial charge in [-0.2, -0.15) is 0 Å². The number of fused-ring (bicyclic) bond motifs is 1. The zero-order valence-corrected chi connectivity index (χ0v) is 12.0. The van der Waals surface area contributed by atoms with Gasteiger partial charge in [-0.25, -0.2) is 4.98 Å². The van der Waals surface area contributed by atoms with E-state index in [9.17, 15) is 4.79 Å². The Bertz CT molecular complexity index is 465. The number of amides is 1. The molecule has 1 aromatic rings. The number of piperidine rings is 1. The van der Waals surface area contributed by atoms with Crippen molar-refractivity contribution in [3.63, 3.8) is 0 Å². The number of aromatic nitrogens is 1. The van der Waals surface area contributed by atoms with Gasteiger partial charge in [0, 0.05) is 31.6 Å². The number of hydrogen-bond acceptors (Lipinski definition) is 4. The Kier molecular flexibility index (Phi) is 2.81. The summed E-state index contributed by atoms with van der Waals surface area (Å²) in [5.74, 6) is 1.03. The summed E-state index contributed by atoms with van der Waals surface area (Å²) >= 11 is 1.75. The minimum absolute atomic E-state index is 0.188. The van der Waals surface area contributed by atoms with Crippen molar-refractivity contribution in [3.8, 4) is 0 Å². The molecule has 0 saturated carbocycles. The smallest absolute Gasteiger partial charge is 0.227 e. The molecule has 1 amide bonds. The minimum atomic E-state index is 0.188. The van der Waals surface area contributed by atoms with Crippen LogP contribution < -0.4 is 4.90 Å². The van der Waals surface area contributed by atoms with Gasteiger partial charge in [0.2, 0.25) is 5.91 Å². The molecule has 0 aliphatic carbocycles. The third-order valence-electron chi connectivity index (χ3n) is 4.26. The average molecular weight is 265 g/mol. The molecule has 2 aliphatic heterocycles. The lowest BCUT2D eigenvalue weighted by Gasteiger charge is -2.30. The molecular weight excluding hydrogens is 246 g/mol. The maximum atomic E-state index is 12.1. The van der Waals surface area contributed by atoms with E-state index < -0.39 is 0 Å². The SMILES string of the molecule is Cc1nc(N2C[C@H]3CCN(C)C(=O)[C@H]3C2)sc1C. The van der Waals surface area contributed by atoms with Gasteiger partial charge in [-0.05, 0) is 26.2 Å². The quantitative estimate of drug-likeness (QED) is 0.775. The number of carbonyl (C=O) groups is 1. The molecule has 2 saturated heterocycles. The topological polar surface area (TPSA) is 36.4 Å². The van der Waals surface area contributed by atoms with E-state index in [-0.39, 0.29) is 5.92 Å². The van der Waals surface area contributed by atoms with E-state index in [1.165, 1.54) is 4.88 Å². The summed E-state index contributed by atoms with van der Waals surface area (Å²) in [4.78, 5) is 22.2. The number of thiazole rings is 1. The van der Waals surface area contributed by atoms with Gasteiger partial charge in [0.15, 0.2) is 5.13 Å². The van der Waals surface area contributed by atoms with Gasteiger partial charge in [0.25, 0.3) is 0 Å². The lowest BCUT2D eigenvalue weighted by atomic mass is 9.88. The summed E-state index contributed by atoms with van der Waals surface area (Å²) in [6.45, 7) is 6.91. The predicted octanol–water partition coefficient (Wildman–Crippen LogP) is 1.67. The highest BCUT2D eigenvalue weighted by Crippen LogP contribution is 2.36. The Labute approximate surface area is 112 Å². The van der Waals surface area contributed by atoms with Crippen LogP contribution in [0.1, 0.15) is 17.0 Å². The molecule has 0 aromatic carbocycles. The van der Waals surface area contributed by atoms with Gasteiger partial charge in [-0.15, -0.1) is 11.3 Å². The van der Waals surface area contributed by atoms with Crippen molar-refractivity contribution in [1.82, 2.24) is 9.88 Å². The molecule has 3 heterocycles. The first-order chi connectivity index (χ1) is 8.56. The normalized spacial score (nSPS) is 27.8. The largest absolute Gasteiger partial charge is 0.347 e. The third kappa shape index (κ3) is 1.81. The first kappa shape index (κ1) is 12.0. The van der Waals surface area contributed by atoms with Crippen LogP contribution in [0.2, 0.25) is 0 Å². The molecule has 0 radical (unpaired) electrons. The highest BCUT2D eigenvalue weighted by molar-refractivity contribution is 7.15. The summed E-state index contributed by atoms with van der Waals surface area (Å²) in [7, 11) is 1.92. The van der Waals surface area contributed by atoms with E-state index in [2.05, 4.69) is 23.7 Å². The van der Waals surface area contributed by atoms with Crippen molar-refractivity contribution in [1.29, 1.82) is 0 Å². The third-order valence-corrected chi connectivity index (χ3v) is 5.39. The lowest BCUT2D eigenvalue weighted by molar-refractivity contribution is -0.137. The zero-order chi connectivity index (χ0) is 12.9. The van der Waals surface area contributed by atoms with Crippen molar-refractivity contribution in [2.75, 3.05) is 31.6 Å². The highest BCUT2D eigenvalue weighted by Gasteiger charge is 2.42. The van der Waals surface area contributed by atoms with E-state index in [1.54, 1.807) is 11.3 Å². The van der Waals surface area contributed by atoms with E-state index in [0.717, 1.165) is 36.9 Å². The van der Waals surface area contributed by atoms with E-state index >= 15 is 0 Å². The summed E-state index contributed by atoms with van der Waals surface area (Å²) in [5, 5.41) is 1.09. The van der Waals surface area contributed by atoms with E-state index in [4.69, 9.17) is 0 Å². The van der Waals surface area contributed by atoms with Crippen LogP contribution in [-0.2, 0) is 4.79 Å². The second kappa shape index (κ2) is 4.23. The molecule has 0 spiro atoms. The number of likely N-dealkylation sites (tertiary alicyclic amines) is 1. The Hall–Kier alpha value is -1.10. The molecular formula is C13H19N3OS. The maximum Gasteiger partial charge on any atom is 0.227 e. The number of carbonyl (C=O) groups excluding carboxylic acids is 1. The summed E-state index contributed by atoms with van der Waals surface area (Å²) in [6, 6.07) is 0. The number of aryl methyl sites for hydroxylation is 2.